The molecule has 0 unspecified atom stereocenters. The van der Waals surface area contributed by atoms with Crippen LogP contribution in [0.25, 0.3) is 12.2 Å². The third kappa shape index (κ3) is 5.70. The van der Waals surface area contributed by atoms with Crippen LogP contribution < -0.4 is 0 Å². The van der Waals surface area contributed by atoms with E-state index in [0.29, 0.717) is 5.41 Å². The zero-order chi connectivity index (χ0) is 20.7. The summed E-state index contributed by atoms with van der Waals surface area (Å²) in [6.45, 7) is 0. The Morgan fingerprint density at radius 1 is 0.929 bits per heavy atom. The molecule has 140 valence electrons. The molecule has 0 aromatic heterocycles. The monoisotopic (exact) mass is 398 g/mol. The predicted octanol–water partition coefficient (Wildman–Crippen LogP) is 3.38. The predicted molar refractivity (Wildman–Crippen MR) is 99.1 cm³/mol. The van der Waals surface area contributed by atoms with Crippen LogP contribution in [0.1, 0.15) is 22.3 Å². The summed E-state index contributed by atoms with van der Waals surface area (Å²) >= 11 is 0. The standard InChI is InChI=1S/C20H12F2N2O3S/c21-19-9-14(11-23)1-3-16(19)5-6-18(25)13-28(26,27)8-7-17-4-2-15(12-24)10-20(17)22/h1-10H,13H2/b6-5-,8-7?. The Morgan fingerprint density at radius 3 is 1.89 bits per heavy atom. The van der Waals surface area contributed by atoms with Crippen molar-refractivity contribution in [3.8, 4) is 12.1 Å². The summed E-state index contributed by atoms with van der Waals surface area (Å²) in [4.78, 5) is 11.8. The van der Waals surface area contributed by atoms with Gasteiger partial charge in [-0.2, -0.15) is 10.5 Å². The second kappa shape index (κ2) is 8.85. The van der Waals surface area contributed by atoms with Crippen molar-refractivity contribution in [2.45, 2.75) is 0 Å². The van der Waals surface area contributed by atoms with Gasteiger partial charge in [0.15, 0.2) is 15.6 Å². The Bertz CT molecular complexity index is 1170. The maximum Gasteiger partial charge on any atom is 0.179 e. The van der Waals surface area contributed by atoms with Gasteiger partial charge in [-0.15, -0.1) is 0 Å². The molecular formula is C20H12F2N2O3S. The average Bonchev–Trinajstić information content (AvgIpc) is 2.65. The maximum atomic E-state index is 13.7. The molecular weight excluding hydrogens is 386 g/mol. The summed E-state index contributed by atoms with van der Waals surface area (Å²) in [5.41, 5.74) is 0.182. The van der Waals surface area contributed by atoms with E-state index in [0.717, 1.165) is 30.4 Å². The Hall–Kier alpha value is -3.62. The van der Waals surface area contributed by atoms with Gasteiger partial charge < -0.3 is 0 Å². The van der Waals surface area contributed by atoms with Crippen LogP contribution in [0.2, 0.25) is 0 Å². The van der Waals surface area contributed by atoms with Crippen LogP contribution in [-0.2, 0) is 14.6 Å². The van der Waals surface area contributed by atoms with Gasteiger partial charge in [-0.1, -0.05) is 12.1 Å². The first-order chi connectivity index (χ1) is 13.2. The quantitative estimate of drug-likeness (QED) is 0.695. The van der Waals surface area contributed by atoms with Gasteiger partial charge in [-0.25, -0.2) is 17.2 Å². The van der Waals surface area contributed by atoms with Crippen molar-refractivity contribution < 1.29 is 22.0 Å². The average molecular weight is 398 g/mol. The molecule has 8 heteroatoms. The van der Waals surface area contributed by atoms with Crippen molar-refractivity contribution in [3.63, 3.8) is 0 Å². The molecule has 0 aliphatic heterocycles. The van der Waals surface area contributed by atoms with Crippen LogP contribution >= 0.6 is 0 Å². The van der Waals surface area contributed by atoms with Crippen molar-refractivity contribution in [3.05, 3.63) is 81.8 Å². The molecule has 0 saturated heterocycles. The Kier molecular flexibility index (Phi) is 6.54. The molecule has 5 nitrogen and oxygen atoms in total. The molecule has 28 heavy (non-hydrogen) atoms. The van der Waals surface area contributed by atoms with Crippen molar-refractivity contribution in [1.82, 2.24) is 0 Å². The number of carbonyl (C=O) groups is 1. The van der Waals surface area contributed by atoms with Crippen LogP contribution in [0.4, 0.5) is 8.78 Å². The molecule has 0 aliphatic carbocycles. The highest BCUT2D eigenvalue weighted by Gasteiger charge is 2.12. The van der Waals surface area contributed by atoms with Gasteiger partial charge in [-0.3, -0.25) is 4.79 Å². The van der Waals surface area contributed by atoms with Crippen LogP contribution in [0.5, 0.6) is 0 Å². The third-order valence-electron chi connectivity index (χ3n) is 3.51. The summed E-state index contributed by atoms with van der Waals surface area (Å²) in [6, 6.07) is 10.7. The topological polar surface area (TPSA) is 98.8 Å². The van der Waals surface area contributed by atoms with Gasteiger partial charge in [0.2, 0.25) is 0 Å². The number of nitriles is 2. The zero-order valence-corrected chi connectivity index (χ0v) is 15.1. The largest absolute Gasteiger partial charge is 0.294 e. The van der Waals surface area contributed by atoms with Crippen molar-refractivity contribution in [2.24, 2.45) is 0 Å². The number of benzene rings is 2. The molecule has 0 radical (unpaired) electrons. The maximum absolute atomic E-state index is 13.7. The number of nitrogens with zero attached hydrogens (tertiary/aromatic N) is 2. The normalized spacial score (nSPS) is 11.4. The van der Waals surface area contributed by atoms with E-state index in [-0.39, 0.29) is 22.3 Å². The van der Waals surface area contributed by atoms with E-state index < -0.39 is 33.0 Å². The SMILES string of the molecule is N#Cc1ccc(C=CS(=O)(=O)CC(=O)/C=C\c2ccc(C#N)cc2F)c(F)c1. The lowest BCUT2D eigenvalue weighted by Crippen LogP contribution is -2.11. The number of halogens is 2. The summed E-state index contributed by atoms with van der Waals surface area (Å²) in [5, 5.41) is 18.1. The number of carbonyl (C=O) groups excluding carboxylic acids is 1. The van der Waals surface area contributed by atoms with Crippen LogP contribution in [0.3, 0.4) is 0 Å². The lowest BCUT2D eigenvalue weighted by Gasteiger charge is -1.99. The molecule has 0 aliphatic rings. The lowest BCUT2D eigenvalue weighted by molar-refractivity contribution is -0.112. The highest BCUT2D eigenvalue weighted by molar-refractivity contribution is 7.95. The summed E-state index contributed by atoms with van der Waals surface area (Å²) < 4.78 is 51.4. The fourth-order valence-electron chi connectivity index (χ4n) is 2.12. The third-order valence-corrected chi connectivity index (χ3v) is 4.74. The lowest BCUT2D eigenvalue weighted by atomic mass is 10.1. The first kappa shape index (κ1) is 20.7. The molecule has 2 aromatic rings. The summed E-state index contributed by atoms with van der Waals surface area (Å²) in [7, 11) is -3.99. The fraction of sp³-hybridized carbons (Fsp3) is 0.0500. The molecule has 0 heterocycles. The second-order valence-electron chi connectivity index (χ2n) is 5.61. The molecule has 0 fully saturated rings. The van der Waals surface area contributed by atoms with Crippen LogP contribution in [0, 0.1) is 34.3 Å². The highest BCUT2D eigenvalue weighted by Crippen LogP contribution is 2.14. The fourth-order valence-corrected chi connectivity index (χ4v) is 3.06. The molecule has 0 bridgehead atoms. The molecule has 2 aromatic carbocycles. The van der Waals surface area contributed by atoms with Crippen molar-refractivity contribution in [2.75, 3.05) is 5.75 Å². The molecule has 0 saturated carbocycles. The van der Waals surface area contributed by atoms with Gasteiger partial charge in [-0.05, 0) is 42.5 Å². The molecule has 0 amide bonds. The Balaban J connectivity index is 2.08. The Morgan fingerprint density at radius 2 is 1.43 bits per heavy atom. The smallest absolute Gasteiger partial charge is 0.179 e. The van der Waals surface area contributed by atoms with E-state index in [4.69, 9.17) is 10.5 Å². The molecule has 0 spiro atoms. The van der Waals surface area contributed by atoms with E-state index in [1.807, 2.05) is 0 Å². The first-order valence-corrected chi connectivity index (χ1v) is 9.46. The zero-order valence-electron chi connectivity index (χ0n) is 14.3. The number of allylic oxidation sites excluding steroid dienone is 1. The van der Waals surface area contributed by atoms with Crippen LogP contribution in [0.15, 0.2) is 47.9 Å². The number of rotatable bonds is 6. The van der Waals surface area contributed by atoms with Gasteiger partial charge in [0, 0.05) is 16.5 Å². The Labute approximate surface area is 160 Å². The summed E-state index contributed by atoms with van der Waals surface area (Å²) in [6.07, 6.45) is 3.01. The minimum absolute atomic E-state index is 0.0277. The highest BCUT2D eigenvalue weighted by atomic mass is 32.2. The number of hydrogen-bond donors (Lipinski definition) is 0. The van der Waals surface area contributed by atoms with Gasteiger partial charge in [0.25, 0.3) is 0 Å². The van der Waals surface area contributed by atoms with Gasteiger partial charge >= 0.3 is 0 Å². The summed E-state index contributed by atoms with van der Waals surface area (Å²) in [5.74, 6) is -3.17. The second-order valence-corrected chi connectivity index (χ2v) is 7.49. The van der Waals surface area contributed by atoms with E-state index in [2.05, 4.69) is 0 Å². The minimum atomic E-state index is -3.99. The van der Waals surface area contributed by atoms with Crippen molar-refractivity contribution >= 4 is 27.8 Å². The van der Waals surface area contributed by atoms with E-state index in [1.165, 1.54) is 24.3 Å². The number of ketones is 1. The van der Waals surface area contributed by atoms with Gasteiger partial charge in [0.1, 0.15) is 17.4 Å². The van der Waals surface area contributed by atoms with E-state index in [1.54, 1.807) is 12.1 Å². The van der Waals surface area contributed by atoms with Crippen LogP contribution in [-0.4, -0.2) is 20.0 Å². The number of hydrogen-bond acceptors (Lipinski definition) is 5. The van der Waals surface area contributed by atoms with Crippen molar-refractivity contribution in [1.29, 1.82) is 10.5 Å². The molecule has 0 N–H and O–H groups in total. The molecule has 2 rings (SSSR count). The number of sulfone groups is 1. The first-order valence-electron chi connectivity index (χ1n) is 7.75. The van der Waals surface area contributed by atoms with E-state index >= 15 is 0 Å². The van der Waals surface area contributed by atoms with Gasteiger partial charge in [0.05, 0.1) is 23.3 Å². The minimum Gasteiger partial charge on any atom is -0.294 e. The van der Waals surface area contributed by atoms with E-state index in [9.17, 15) is 22.0 Å². The molecule has 0 atom stereocenters.